The van der Waals surface area contributed by atoms with Crippen molar-refractivity contribution in [3.05, 3.63) is 0 Å². The van der Waals surface area contributed by atoms with Gasteiger partial charge in [0, 0.05) is 0 Å². The summed E-state index contributed by atoms with van der Waals surface area (Å²) in [5.41, 5.74) is 0. The molecule has 0 aliphatic carbocycles. The van der Waals surface area contributed by atoms with Gasteiger partial charge in [0.1, 0.15) is 0 Å². The molecule has 0 aromatic rings. The van der Waals surface area contributed by atoms with Crippen LogP contribution in [0.3, 0.4) is 0 Å². The molecule has 0 saturated heterocycles. The Morgan fingerprint density at radius 3 is 1.25 bits per heavy atom. The van der Waals surface area contributed by atoms with E-state index in [1.165, 1.54) is 0 Å². The monoisotopic (exact) mass is 194 g/mol. The molecule has 0 atom stereocenters. The second-order valence-corrected chi connectivity index (χ2v) is 0. The fourth-order valence-corrected chi connectivity index (χ4v) is 0. The molecule has 4 heteroatoms. The molecule has 0 spiro atoms. The van der Waals surface area contributed by atoms with Gasteiger partial charge >= 0.3 is 52.2 Å². The van der Waals surface area contributed by atoms with Crippen molar-refractivity contribution in [1.82, 2.24) is 0 Å². The van der Waals surface area contributed by atoms with E-state index >= 15 is 0 Å². The van der Waals surface area contributed by atoms with Gasteiger partial charge in [0.15, 0.2) is 0 Å². The van der Waals surface area contributed by atoms with Crippen molar-refractivity contribution in [1.29, 1.82) is 0 Å². The molecule has 0 amide bonds. The predicted molar refractivity (Wildman–Crippen MR) is 1.37 cm³/mol. The first-order valence-electron chi connectivity index (χ1n) is 0.493. The molecule has 0 N–H and O–H groups in total. The van der Waals surface area contributed by atoms with Crippen LogP contribution in [0.4, 0.5) is 0 Å². The summed E-state index contributed by atoms with van der Waals surface area (Å²) in [4.78, 5) is 0. The summed E-state index contributed by atoms with van der Waals surface area (Å²) in [7, 11) is 0. The average Bonchev–Trinajstić information content (AvgIpc) is 1.50. The number of hydrogen-bond acceptors (Lipinski definition) is 2. The Morgan fingerprint density at radius 2 is 1.25 bits per heavy atom. The van der Waals surface area contributed by atoms with Crippen LogP contribution in [0.25, 0.3) is 0 Å². The quantitative estimate of drug-likeness (QED) is 0.496. The van der Waals surface area contributed by atoms with Crippen LogP contribution in [0.15, 0.2) is 0 Å². The fourth-order valence-electron chi connectivity index (χ4n) is 0. The molecule has 0 aromatic carbocycles. The molecule has 4 heavy (non-hydrogen) atoms. The van der Waals surface area contributed by atoms with Gasteiger partial charge in [-0.05, 0) is 0 Å². The molecule has 0 rings (SSSR count). The van der Waals surface area contributed by atoms with Crippen molar-refractivity contribution in [2.75, 3.05) is 0 Å². The summed E-state index contributed by atoms with van der Waals surface area (Å²) in [6.07, 6.45) is 0. The number of rotatable bonds is 0. The third kappa shape index (κ3) is 10.6. The van der Waals surface area contributed by atoms with E-state index in [1.807, 2.05) is 0 Å². The molecule has 2 nitrogen and oxygen atoms in total. The molecule has 0 aromatic heterocycles. The Bertz CT molecular complexity index is 8.00. The molecule has 0 fully saturated rings. The van der Waals surface area contributed by atoms with Gasteiger partial charge in [0.2, 0.25) is 0 Å². The van der Waals surface area contributed by atoms with Crippen LogP contribution in [0.1, 0.15) is 0 Å². The van der Waals surface area contributed by atoms with E-state index in [-0.39, 0.29) is 25.8 Å². The summed E-state index contributed by atoms with van der Waals surface area (Å²) in [5.74, 6) is 0. The van der Waals surface area contributed by atoms with Crippen LogP contribution in [-0.2, 0) is 52.2 Å². The maximum absolute atomic E-state index is 8.42. The Kier molecular flexibility index (Phi) is 65.1. The van der Waals surface area contributed by atoms with Crippen molar-refractivity contribution in [2.24, 2.45) is 0 Å². The molecule has 0 unspecified atom stereocenters. The van der Waals surface area contributed by atoms with Gasteiger partial charge in [0.05, 0.1) is 0 Å². The Balaban J connectivity index is 0. The second kappa shape index (κ2) is 29.0. The van der Waals surface area contributed by atoms with Gasteiger partial charge in [-0.1, -0.05) is 0 Å². The Labute approximate surface area is 51.8 Å². The average molecular weight is 192 g/mol. The first-order valence-corrected chi connectivity index (χ1v) is 2.78. The van der Waals surface area contributed by atoms with Crippen LogP contribution < -0.4 is 0 Å². The molecule has 0 saturated carbocycles. The van der Waals surface area contributed by atoms with Gasteiger partial charge in [-0.2, -0.15) is 0 Å². The summed E-state index contributed by atoms with van der Waals surface area (Å²) in [6.45, 7) is 0. The molecule has 0 radical (unpaired) electrons. The molecular formula is CdO2Ti. The zero-order valence-electron chi connectivity index (χ0n) is 2.02. The summed E-state index contributed by atoms with van der Waals surface area (Å²) in [6, 6.07) is 0. The zero-order valence-corrected chi connectivity index (χ0v) is 7.62. The van der Waals surface area contributed by atoms with Gasteiger partial charge in [-0.15, -0.1) is 0 Å². The van der Waals surface area contributed by atoms with E-state index in [1.54, 1.807) is 0 Å². The van der Waals surface area contributed by atoms with Crippen LogP contribution >= 0.6 is 0 Å². The van der Waals surface area contributed by atoms with Crippen LogP contribution in [0, 0.1) is 0 Å². The van der Waals surface area contributed by atoms with Crippen molar-refractivity contribution < 1.29 is 52.2 Å². The molecular weight excluding hydrogens is 192 g/mol. The minimum absolute atomic E-state index is 0.1000. The van der Waals surface area contributed by atoms with Crippen molar-refractivity contribution in [2.45, 2.75) is 0 Å². The van der Waals surface area contributed by atoms with Gasteiger partial charge in [0.25, 0.3) is 0 Å². The third-order valence-corrected chi connectivity index (χ3v) is 0. The first kappa shape index (κ1) is 8.97. The van der Waals surface area contributed by atoms with Crippen molar-refractivity contribution in [3.63, 3.8) is 0 Å². The van der Waals surface area contributed by atoms with Crippen LogP contribution in [-0.4, -0.2) is 0 Å². The van der Waals surface area contributed by atoms with E-state index in [4.69, 9.17) is 6.01 Å². The standard InChI is InChI=1S/Cd.2O.Ti. The first-order chi connectivity index (χ1) is 2.00. The van der Waals surface area contributed by atoms with Crippen LogP contribution in [0.5, 0.6) is 0 Å². The van der Waals surface area contributed by atoms with E-state index in [2.05, 4.69) is 0 Å². The van der Waals surface area contributed by atoms with Gasteiger partial charge in [-0.25, -0.2) is 0 Å². The summed E-state index contributed by atoms with van der Waals surface area (Å²) < 4.78 is 16.7. The minimum atomic E-state index is -0.1000. The second-order valence-electron chi connectivity index (χ2n) is 0. The fraction of sp³-hybridized carbons (Fsp3) is 0. The molecule has 0 aliphatic rings. The van der Waals surface area contributed by atoms with E-state index in [0.717, 1.165) is 20.4 Å². The third-order valence-electron chi connectivity index (χ3n) is 0. The topological polar surface area (TPSA) is 34.1 Å². The van der Waals surface area contributed by atoms with E-state index < -0.39 is 0 Å². The zero-order chi connectivity index (χ0) is 4.00. The predicted octanol–water partition coefficient (Wildman–Crippen LogP) is -0.243. The van der Waals surface area contributed by atoms with E-state index in [9.17, 15) is 0 Å². The number of hydrogen-bond donors (Lipinski definition) is 0. The van der Waals surface area contributed by atoms with E-state index in [0.29, 0.717) is 0 Å². The summed E-state index contributed by atoms with van der Waals surface area (Å²) >= 11 is 0.650. The molecule has 18 valence electrons. The molecule has 0 bridgehead atoms. The summed E-state index contributed by atoms with van der Waals surface area (Å²) in [5, 5.41) is 0. The van der Waals surface area contributed by atoms with Crippen molar-refractivity contribution in [3.8, 4) is 0 Å². The van der Waals surface area contributed by atoms with Gasteiger partial charge in [-0.3, -0.25) is 0 Å². The molecule has 0 aliphatic heterocycles. The Hall–Kier alpha value is 1.24. The van der Waals surface area contributed by atoms with Crippen molar-refractivity contribution >= 4 is 0 Å². The molecule has 0 heterocycles. The van der Waals surface area contributed by atoms with Crippen LogP contribution in [0.2, 0.25) is 0 Å². The van der Waals surface area contributed by atoms with Gasteiger partial charge < -0.3 is 0 Å². The normalized spacial score (nSPS) is 2.25. The maximum atomic E-state index is 8.42. The SMILES string of the molecule is [O]=[Cd].[O]=[Ti]. The Morgan fingerprint density at radius 1 is 1.25 bits per heavy atom.